The lowest BCUT2D eigenvalue weighted by molar-refractivity contribution is -0.126. The minimum absolute atomic E-state index is 0.00395. The fourth-order valence-corrected chi connectivity index (χ4v) is 4.75. The lowest BCUT2D eigenvalue weighted by Gasteiger charge is -2.36. The smallest absolute Gasteiger partial charge is 0.278 e. The first-order chi connectivity index (χ1) is 15.9. The van der Waals surface area contributed by atoms with Crippen LogP contribution in [0.25, 0.3) is 0 Å². The molecular weight excluding hydrogens is 421 g/mol. The molecule has 1 heterocycles. The molecule has 2 amide bonds. The minimum atomic E-state index is -0.407. The molecule has 0 atom stereocenters. The van der Waals surface area contributed by atoms with E-state index in [2.05, 4.69) is 15.2 Å². The van der Waals surface area contributed by atoms with Crippen LogP contribution in [-0.2, 0) is 17.8 Å². The highest BCUT2D eigenvalue weighted by Gasteiger charge is 2.36. The van der Waals surface area contributed by atoms with Crippen LogP contribution in [0.3, 0.4) is 0 Å². The fraction of sp³-hybridized carbons (Fsp3) is 0.423. The number of aliphatic hydroxyl groups is 1. The summed E-state index contributed by atoms with van der Waals surface area (Å²) in [4.78, 5) is 31.8. The number of aliphatic hydroxyl groups excluding tert-OH is 1. The van der Waals surface area contributed by atoms with Crippen LogP contribution in [0.5, 0.6) is 0 Å². The number of benzene rings is 2. The molecule has 174 valence electrons. The number of amidine groups is 1. The number of fused-ring (bicyclic) bond motifs is 1. The van der Waals surface area contributed by atoms with Crippen LogP contribution in [0, 0.1) is 11.7 Å². The third-order valence-corrected chi connectivity index (χ3v) is 6.40. The van der Waals surface area contributed by atoms with Crippen LogP contribution in [0.4, 0.5) is 10.1 Å². The molecule has 2 aromatic carbocycles. The minimum Gasteiger partial charge on any atom is -0.392 e. The quantitative estimate of drug-likeness (QED) is 0.720. The summed E-state index contributed by atoms with van der Waals surface area (Å²) >= 11 is 0. The van der Waals surface area contributed by atoms with Crippen LogP contribution < -0.4 is 10.2 Å². The van der Waals surface area contributed by atoms with Crippen molar-refractivity contribution in [3.63, 3.8) is 0 Å². The Labute approximate surface area is 193 Å². The van der Waals surface area contributed by atoms with Crippen LogP contribution in [0.15, 0.2) is 47.5 Å². The van der Waals surface area contributed by atoms with Crippen LogP contribution >= 0.6 is 0 Å². The number of hydrogen-bond donors (Lipinski definition) is 2. The number of nitrogens with one attached hydrogen (secondary N) is 1. The van der Waals surface area contributed by atoms with Crippen molar-refractivity contribution in [2.45, 2.75) is 64.6 Å². The van der Waals surface area contributed by atoms with Gasteiger partial charge in [0.1, 0.15) is 11.7 Å². The van der Waals surface area contributed by atoms with Crippen LogP contribution in [0.1, 0.15) is 61.0 Å². The lowest BCUT2D eigenvalue weighted by atomic mass is 9.84. The molecule has 33 heavy (non-hydrogen) atoms. The number of rotatable bonds is 5. The van der Waals surface area contributed by atoms with Crippen LogP contribution in [0.2, 0.25) is 0 Å². The van der Waals surface area contributed by atoms with E-state index in [0.29, 0.717) is 17.8 Å². The summed E-state index contributed by atoms with van der Waals surface area (Å²) in [5.74, 6) is -0.0486. The van der Waals surface area contributed by atoms with Crippen molar-refractivity contribution < 1.29 is 19.1 Å². The van der Waals surface area contributed by atoms with Crippen molar-refractivity contribution >= 4 is 23.3 Å². The largest absolute Gasteiger partial charge is 0.392 e. The monoisotopic (exact) mass is 451 g/mol. The number of aliphatic imine (C=N–C) groups is 1. The van der Waals surface area contributed by atoms with Crippen molar-refractivity contribution in [1.29, 1.82) is 0 Å². The molecule has 4 rings (SSSR count). The Morgan fingerprint density at radius 1 is 1.12 bits per heavy atom. The normalized spacial score (nSPS) is 21.4. The van der Waals surface area contributed by atoms with Gasteiger partial charge in [0.2, 0.25) is 5.91 Å². The molecule has 1 aliphatic heterocycles. The second-order valence-corrected chi connectivity index (χ2v) is 9.18. The predicted octanol–water partition coefficient (Wildman–Crippen LogP) is 4.00. The molecule has 7 heteroatoms. The average molecular weight is 452 g/mol. The number of nitrogens with zero attached hydrogens (tertiary/aromatic N) is 2. The Hall–Kier alpha value is -3.06. The Kier molecular flexibility index (Phi) is 6.88. The molecule has 6 nitrogen and oxygen atoms in total. The van der Waals surface area contributed by atoms with Gasteiger partial charge in [-0.25, -0.2) is 4.39 Å². The van der Waals surface area contributed by atoms with Gasteiger partial charge in [0.25, 0.3) is 5.91 Å². The molecule has 0 saturated heterocycles. The van der Waals surface area contributed by atoms with Gasteiger partial charge in [-0.2, -0.15) is 4.99 Å². The summed E-state index contributed by atoms with van der Waals surface area (Å²) in [6, 6.07) is 11.4. The topological polar surface area (TPSA) is 82.0 Å². The summed E-state index contributed by atoms with van der Waals surface area (Å²) in [6.07, 6.45) is 3.68. The molecule has 0 radical (unpaired) electrons. The SMILES string of the molecule is CC(C)NC(=O)C1CCC(N2C(=NC(=O)c3ccc(F)cc3)Cc3ccc(CO)cc32)CC1. The molecule has 2 aromatic rings. The molecule has 0 bridgehead atoms. The fourth-order valence-electron chi connectivity index (χ4n) is 4.75. The molecule has 1 aliphatic carbocycles. The van der Waals surface area contributed by atoms with E-state index in [1.165, 1.54) is 24.3 Å². The van der Waals surface area contributed by atoms with Crippen molar-refractivity contribution in [3.05, 3.63) is 65.0 Å². The van der Waals surface area contributed by atoms with Gasteiger partial charge in [-0.15, -0.1) is 0 Å². The standard InChI is InChI=1S/C26H30FN3O3/c1-16(2)28-25(32)19-7-11-22(12-8-19)30-23-13-17(15-31)3-4-20(23)14-24(30)29-26(33)18-5-9-21(27)10-6-18/h3-6,9-10,13,16,19,22,31H,7-8,11-12,14-15H2,1-2H3,(H,28,32). The van der Waals surface area contributed by atoms with E-state index in [0.717, 1.165) is 42.5 Å². The summed E-state index contributed by atoms with van der Waals surface area (Å²) in [5, 5.41) is 12.6. The van der Waals surface area contributed by atoms with E-state index in [4.69, 9.17) is 0 Å². The van der Waals surface area contributed by atoms with Crippen molar-refractivity contribution in [2.75, 3.05) is 4.90 Å². The zero-order valence-corrected chi connectivity index (χ0v) is 19.1. The first-order valence-corrected chi connectivity index (χ1v) is 11.6. The van der Waals surface area contributed by atoms with E-state index in [1.54, 1.807) is 0 Å². The number of amides is 2. The molecule has 0 spiro atoms. The number of carbonyl (C=O) groups is 2. The Morgan fingerprint density at radius 3 is 2.45 bits per heavy atom. The molecule has 2 aliphatic rings. The summed E-state index contributed by atoms with van der Waals surface area (Å²) in [6.45, 7) is 3.86. The van der Waals surface area contributed by atoms with E-state index < -0.39 is 11.7 Å². The predicted molar refractivity (Wildman–Crippen MR) is 126 cm³/mol. The second kappa shape index (κ2) is 9.83. The number of halogens is 1. The van der Waals surface area contributed by atoms with Gasteiger partial charge >= 0.3 is 0 Å². The molecule has 2 N–H and O–H groups in total. The maximum atomic E-state index is 13.3. The molecular formula is C26H30FN3O3. The van der Waals surface area contributed by atoms with Crippen molar-refractivity contribution in [3.8, 4) is 0 Å². The maximum Gasteiger partial charge on any atom is 0.278 e. The lowest BCUT2D eigenvalue weighted by Crippen LogP contribution is -2.44. The van der Waals surface area contributed by atoms with Crippen LogP contribution in [-0.4, -0.2) is 34.8 Å². The zero-order chi connectivity index (χ0) is 23.5. The van der Waals surface area contributed by atoms with E-state index >= 15 is 0 Å². The number of hydrogen-bond acceptors (Lipinski definition) is 3. The van der Waals surface area contributed by atoms with Gasteiger partial charge in [0, 0.05) is 35.7 Å². The first kappa shape index (κ1) is 23.1. The van der Waals surface area contributed by atoms with Crippen molar-refractivity contribution in [2.24, 2.45) is 10.9 Å². The molecule has 1 fully saturated rings. The Bertz CT molecular complexity index is 1060. The molecule has 1 saturated carbocycles. The van der Waals surface area contributed by atoms with Crippen molar-refractivity contribution in [1.82, 2.24) is 5.32 Å². The second-order valence-electron chi connectivity index (χ2n) is 9.18. The van der Waals surface area contributed by atoms with Gasteiger partial charge in [0.05, 0.1) is 6.61 Å². The van der Waals surface area contributed by atoms with E-state index in [-0.39, 0.29) is 30.5 Å². The van der Waals surface area contributed by atoms with Gasteiger partial charge < -0.3 is 15.3 Å². The maximum absolute atomic E-state index is 13.3. The number of carbonyl (C=O) groups excluding carboxylic acids is 2. The number of anilines is 1. The molecule has 0 aromatic heterocycles. The van der Waals surface area contributed by atoms with Gasteiger partial charge in [-0.1, -0.05) is 12.1 Å². The highest BCUT2D eigenvalue weighted by Crippen LogP contribution is 2.38. The van der Waals surface area contributed by atoms with E-state index in [9.17, 15) is 19.1 Å². The third-order valence-electron chi connectivity index (χ3n) is 6.40. The Morgan fingerprint density at radius 2 is 1.82 bits per heavy atom. The highest BCUT2D eigenvalue weighted by atomic mass is 19.1. The van der Waals surface area contributed by atoms with E-state index in [1.807, 2.05) is 32.0 Å². The van der Waals surface area contributed by atoms with Gasteiger partial charge in [-0.05, 0) is 81.0 Å². The summed E-state index contributed by atoms with van der Waals surface area (Å²) in [5.41, 5.74) is 3.15. The van der Waals surface area contributed by atoms with Gasteiger partial charge in [-0.3, -0.25) is 9.59 Å². The zero-order valence-electron chi connectivity index (χ0n) is 19.1. The molecule has 0 unspecified atom stereocenters. The first-order valence-electron chi connectivity index (χ1n) is 11.6. The highest BCUT2D eigenvalue weighted by molar-refractivity contribution is 6.12. The summed E-state index contributed by atoms with van der Waals surface area (Å²) < 4.78 is 13.3. The van der Waals surface area contributed by atoms with Gasteiger partial charge in [0.15, 0.2) is 0 Å². The average Bonchev–Trinajstić information content (AvgIpc) is 3.15. The Balaban J connectivity index is 1.59. The summed E-state index contributed by atoms with van der Waals surface area (Å²) in [7, 11) is 0. The third kappa shape index (κ3) is 5.14.